The molecule has 1 aliphatic heterocycles. The van der Waals surface area contributed by atoms with Crippen LogP contribution in [-0.4, -0.2) is 6.40 Å². The van der Waals surface area contributed by atoms with Gasteiger partial charge in [-0.2, -0.15) is 0 Å². The lowest BCUT2D eigenvalue weighted by atomic mass is 10.4. The molecule has 0 unspecified atom stereocenters. The second-order valence-electron chi connectivity index (χ2n) is 2.20. The molecule has 0 saturated heterocycles. The molecule has 2 rings (SSSR count). The predicted molar refractivity (Wildman–Crippen MR) is 44.1 cm³/mol. The van der Waals surface area contributed by atoms with Gasteiger partial charge in [-0.05, 0) is 19.1 Å². The lowest BCUT2D eigenvalue weighted by Gasteiger charge is -2.02. The number of aryl methyl sites for hydroxylation is 1. The Labute approximate surface area is 68.7 Å². The van der Waals surface area contributed by atoms with Crippen molar-refractivity contribution < 1.29 is 4.74 Å². The van der Waals surface area contributed by atoms with Gasteiger partial charge in [-0.1, -0.05) is 0 Å². The van der Waals surface area contributed by atoms with Crippen LogP contribution in [0.15, 0.2) is 17.2 Å². The molecule has 1 aromatic heterocycles. The van der Waals surface area contributed by atoms with E-state index in [0.29, 0.717) is 0 Å². The van der Waals surface area contributed by atoms with E-state index in [2.05, 4.69) is 23.5 Å². The Hall–Kier alpha value is -1.03. The van der Waals surface area contributed by atoms with Crippen LogP contribution in [0.4, 0.5) is 0 Å². The minimum Gasteiger partial charge on any atom is -0.443 e. The van der Waals surface area contributed by atoms with Gasteiger partial charge in [-0.3, -0.25) is 5.43 Å². The van der Waals surface area contributed by atoms with Gasteiger partial charge in [0.05, 0.1) is 4.88 Å². The van der Waals surface area contributed by atoms with Gasteiger partial charge < -0.3 is 4.74 Å². The van der Waals surface area contributed by atoms with E-state index in [4.69, 9.17) is 4.74 Å². The summed E-state index contributed by atoms with van der Waals surface area (Å²) in [7, 11) is 0. The summed E-state index contributed by atoms with van der Waals surface area (Å²) in [4.78, 5) is 2.35. The number of hydrogen-bond donors (Lipinski definition) is 1. The highest BCUT2D eigenvalue weighted by Gasteiger charge is 2.18. The number of nitrogens with zero attached hydrogens (tertiary/aromatic N) is 1. The first-order valence-electron chi connectivity index (χ1n) is 3.24. The third-order valence-electron chi connectivity index (χ3n) is 1.35. The molecular formula is C7H7N2OS. The third-order valence-corrected chi connectivity index (χ3v) is 2.35. The molecule has 0 aromatic carbocycles. The van der Waals surface area contributed by atoms with Gasteiger partial charge in [0.2, 0.25) is 0 Å². The highest BCUT2D eigenvalue weighted by Crippen LogP contribution is 2.23. The second kappa shape index (κ2) is 2.54. The molecule has 57 valence electrons. The van der Waals surface area contributed by atoms with Crippen molar-refractivity contribution in [2.24, 2.45) is 5.10 Å². The van der Waals surface area contributed by atoms with E-state index < -0.39 is 0 Å². The fraction of sp³-hybridized carbons (Fsp3) is 0.143. The fourth-order valence-corrected chi connectivity index (χ4v) is 1.67. The van der Waals surface area contributed by atoms with Crippen LogP contribution in [0.1, 0.15) is 9.75 Å². The normalized spacial score (nSPS) is 16.5. The van der Waals surface area contributed by atoms with Crippen LogP contribution in [0.2, 0.25) is 0 Å². The van der Waals surface area contributed by atoms with Crippen LogP contribution in [0.5, 0.6) is 0 Å². The minimum absolute atomic E-state index is 0.725. The van der Waals surface area contributed by atoms with Gasteiger partial charge in [0.25, 0.3) is 6.23 Å². The number of ether oxygens (including phenoxy) is 1. The molecular weight excluding hydrogens is 160 g/mol. The van der Waals surface area contributed by atoms with Crippen molar-refractivity contribution in [3.05, 3.63) is 28.1 Å². The molecule has 0 spiro atoms. The molecule has 2 heterocycles. The van der Waals surface area contributed by atoms with Crippen molar-refractivity contribution >= 4 is 17.7 Å². The molecule has 11 heavy (non-hydrogen) atoms. The SMILES string of the molecule is Cc1ccc([C]2NN=CO2)s1. The molecule has 1 radical (unpaired) electrons. The molecule has 0 fully saturated rings. The third kappa shape index (κ3) is 1.21. The summed E-state index contributed by atoms with van der Waals surface area (Å²) in [5.74, 6) is 0. The summed E-state index contributed by atoms with van der Waals surface area (Å²) in [6, 6.07) is 4.06. The maximum Gasteiger partial charge on any atom is 0.297 e. The highest BCUT2D eigenvalue weighted by atomic mass is 32.1. The van der Waals surface area contributed by atoms with Gasteiger partial charge in [0.15, 0.2) is 6.40 Å². The van der Waals surface area contributed by atoms with Crippen LogP contribution in [0.3, 0.4) is 0 Å². The van der Waals surface area contributed by atoms with Crippen molar-refractivity contribution in [1.29, 1.82) is 0 Å². The van der Waals surface area contributed by atoms with E-state index in [9.17, 15) is 0 Å². The van der Waals surface area contributed by atoms with Crippen LogP contribution >= 0.6 is 11.3 Å². The lowest BCUT2D eigenvalue weighted by Crippen LogP contribution is -2.10. The van der Waals surface area contributed by atoms with E-state index in [0.717, 1.165) is 11.1 Å². The average molecular weight is 167 g/mol. The van der Waals surface area contributed by atoms with Crippen LogP contribution in [0.25, 0.3) is 0 Å². The Kier molecular flexibility index (Phi) is 1.54. The molecule has 1 aromatic rings. The fourth-order valence-electron chi connectivity index (χ4n) is 0.860. The number of hydrazone groups is 1. The smallest absolute Gasteiger partial charge is 0.297 e. The Morgan fingerprint density at radius 1 is 1.55 bits per heavy atom. The van der Waals surface area contributed by atoms with Crippen molar-refractivity contribution in [3.8, 4) is 0 Å². The zero-order chi connectivity index (χ0) is 7.68. The number of hydrogen-bond acceptors (Lipinski definition) is 4. The van der Waals surface area contributed by atoms with E-state index in [1.807, 2.05) is 6.07 Å². The van der Waals surface area contributed by atoms with E-state index in [1.54, 1.807) is 11.3 Å². The number of thiophene rings is 1. The van der Waals surface area contributed by atoms with Gasteiger partial charge in [0.1, 0.15) is 0 Å². The quantitative estimate of drug-likeness (QED) is 0.687. The van der Waals surface area contributed by atoms with Crippen molar-refractivity contribution in [2.45, 2.75) is 6.92 Å². The standard InChI is InChI=1S/C7H7N2OS/c1-5-2-3-6(11-5)7-9-8-4-10-7/h2-4,9H,1H3. The maximum atomic E-state index is 5.08. The van der Waals surface area contributed by atoms with Gasteiger partial charge in [-0.15, -0.1) is 16.4 Å². The molecule has 0 bridgehead atoms. The highest BCUT2D eigenvalue weighted by molar-refractivity contribution is 7.12. The van der Waals surface area contributed by atoms with Gasteiger partial charge in [0, 0.05) is 4.88 Å². The molecule has 0 amide bonds. The summed E-state index contributed by atoms with van der Waals surface area (Å²) in [5, 5.41) is 3.72. The Morgan fingerprint density at radius 3 is 3.00 bits per heavy atom. The van der Waals surface area contributed by atoms with E-state index >= 15 is 0 Å². The summed E-state index contributed by atoms with van der Waals surface area (Å²) >= 11 is 1.68. The molecule has 0 aliphatic carbocycles. The summed E-state index contributed by atoms with van der Waals surface area (Å²) in [6.07, 6.45) is 2.12. The first kappa shape index (κ1) is 6.67. The predicted octanol–water partition coefficient (Wildman–Crippen LogP) is 1.46. The van der Waals surface area contributed by atoms with Crippen LogP contribution in [0, 0.1) is 13.2 Å². The summed E-state index contributed by atoms with van der Waals surface area (Å²) < 4.78 is 5.08. The number of rotatable bonds is 1. The zero-order valence-corrected chi connectivity index (χ0v) is 6.81. The van der Waals surface area contributed by atoms with Crippen LogP contribution < -0.4 is 5.43 Å². The van der Waals surface area contributed by atoms with Gasteiger partial charge in [-0.25, -0.2) is 0 Å². The first-order valence-corrected chi connectivity index (χ1v) is 4.06. The summed E-state index contributed by atoms with van der Waals surface area (Å²) in [6.45, 7) is 2.06. The van der Waals surface area contributed by atoms with Crippen molar-refractivity contribution in [2.75, 3.05) is 0 Å². The molecule has 0 saturated carbocycles. The molecule has 0 atom stereocenters. The van der Waals surface area contributed by atoms with E-state index in [1.165, 1.54) is 11.3 Å². The van der Waals surface area contributed by atoms with Crippen molar-refractivity contribution in [1.82, 2.24) is 5.43 Å². The summed E-state index contributed by atoms with van der Waals surface area (Å²) in [5.41, 5.74) is 2.76. The molecule has 1 N–H and O–H groups in total. The first-order chi connectivity index (χ1) is 5.36. The van der Waals surface area contributed by atoms with Gasteiger partial charge >= 0.3 is 0 Å². The molecule has 1 aliphatic rings. The number of nitrogens with one attached hydrogen (secondary N) is 1. The molecule has 3 nitrogen and oxygen atoms in total. The Balaban J connectivity index is 2.17. The molecule has 4 heteroatoms. The maximum absolute atomic E-state index is 5.08. The lowest BCUT2D eigenvalue weighted by molar-refractivity contribution is 0.354. The Morgan fingerprint density at radius 2 is 2.45 bits per heavy atom. The zero-order valence-electron chi connectivity index (χ0n) is 6.00. The second-order valence-corrected chi connectivity index (χ2v) is 3.49. The van der Waals surface area contributed by atoms with E-state index in [-0.39, 0.29) is 0 Å². The largest absolute Gasteiger partial charge is 0.443 e. The minimum atomic E-state index is 0.725. The Bertz CT molecular complexity index is 274. The van der Waals surface area contributed by atoms with Crippen LogP contribution in [-0.2, 0) is 4.74 Å². The topological polar surface area (TPSA) is 33.6 Å². The average Bonchev–Trinajstić information content (AvgIpc) is 2.55. The van der Waals surface area contributed by atoms with Crippen molar-refractivity contribution in [3.63, 3.8) is 0 Å². The monoisotopic (exact) mass is 167 g/mol.